The first kappa shape index (κ1) is 20.3. The van der Waals surface area contributed by atoms with Gasteiger partial charge in [-0.1, -0.05) is 31.5 Å². The highest BCUT2D eigenvalue weighted by molar-refractivity contribution is 5.82. The third-order valence-corrected chi connectivity index (χ3v) is 6.81. The lowest BCUT2D eigenvalue weighted by atomic mass is 9.66. The van der Waals surface area contributed by atoms with Crippen LogP contribution in [-0.4, -0.2) is 36.3 Å². The van der Waals surface area contributed by atoms with Crippen LogP contribution in [0.25, 0.3) is 10.9 Å². The van der Waals surface area contributed by atoms with Crippen molar-refractivity contribution in [2.75, 3.05) is 13.7 Å². The average molecular weight is 397 g/mol. The highest BCUT2D eigenvalue weighted by Crippen LogP contribution is 2.48. The third-order valence-electron chi connectivity index (χ3n) is 6.81. The van der Waals surface area contributed by atoms with Crippen molar-refractivity contribution in [3.63, 3.8) is 0 Å². The molecule has 4 rings (SSSR count). The van der Waals surface area contributed by atoms with Crippen LogP contribution in [-0.2, 0) is 14.3 Å². The van der Waals surface area contributed by atoms with E-state index in [-0.39, 0.29) is 23.7 Å². The van der Waals surface area contributed by atoms with Crippen LogP contribution in [0.2, 0.25) is 0 Å². The maximum Gasteiger partial charge on any atom is 0.222 e. The Kier molecular flexibility index (Phi) is 5.88. The maximum atomic E-state index is 12.6. The van der Waals surface area contributed by atoms with Gasteiger partial charge in [-0.2, -0.15) is 0 Å². The minimum absolute atomic E-state index is 0.0535. The van der Waals surface area contributed by atoms with Gasteiger partial charge in [-0.25, -0.2) is 0 Å². The van der Waals surface area contributed by atoms with Gasteiger partial charge in [0.15, 0.2) is 0 Å². The summed E-state index contributed by atoms with van der Waals surface area (Å²) in [6, 6.07) is 10.3. The molecule has 0 unspecified atom stereocenters. The molecule has 1 saturated heterocycles. The molecule has 0 bridgehead atoms. The SMILES string of the molecule is COCCC(=O)N[C@]1(C)C[C@H](c2cccc3ncccc23)O[C@@H]2C[C@H](C)CC[C@H]21. The highest BCUT2D eigenvalue weighted by Gasteiger charge is 2.49. The second-order valence-electron chi connectivity index (χ2n) is 9.02. The summed E-state index contributed by atoms with van der Waals surface area (Å²) in [6.07, 6.45) is 6.44. The van der Waals surface area contributed by atoms with Crippen molar-refractivity contribution < 1.29 is 14.3 Å². The minimum Gasteiger partial charge on any atom is -0.384 e. The molecule has 5 atom stereocenters. The van der Waals surface area contributed by atoms with Gasteiger partial charge in [-0.3, -0.25) is 9.78 Å². The first-order valence-electron chi connectivity index (χ1n) is 10.8. The van der Waals surface area contributed by atoms with Gasteiger partial charge in [-0.05, 0) is 43.4 Å². The lowest BCUT2D eigenvalue weighted by Gasteiger charge is -2.52. The molecule has 1 aromatic carbocycles. The number of ether oxygens (including phenoxy) is 2. The number of benzene rings is 1. The van der Waals surface area contributed by atoms with Crippen molar-refractivity contribution in [3.05, 3.63) is 42.1 Å². The van der Waals surface area contributed by atoms with Crippen LogP contribution in [0, 0.1) is 11.8 Å². The molecule has 0 spiro atoms. The quantitative estimate of drug-likeness (QED) is 0.813. The van der Waals surface area contributed by atoms with E-state index in [1.54, 1.807) is 7.11 Å². The van der Waals surface area contributed by atoms with E-state index in [1.807, 2.05) is 18.3 Å². The summed E-state index contributed by atoms with van der Waals surface area (Å²) in [6.45, 7) is 4.96. The molecule has 156 valence electrons. The number of carbonyl (C=O) groups is 1. The summed E-state index contributed by atoms with van der Waals surface area (Å²) in [5, 5.41) is 4.51. The molecule has 1 aliphatic carbocycles. The fourth-order valence-electron chi connectivity index (χ4n) is 5.31. The normalized spacial score (nSPS) is 32.0. The number of pyridine rings is 1. The van der Waals surface area contributed by atoms with Crippen LogP contribution < -0.4 is 5.32 Å². The van der Waals surface area contributed by atoms with E-state index < -0.39 is 0 Å². The van der Waals surface area contributed by atoms with Gasteiger partial charge in [0, 0.05) is 43.0 Å². The molecular formula is C24H32N2O3. The largest absolute Gasteiger partial charge is 0.384 e. The molecule has 2 fully saturated rings. The van der Waals surface area contributed by atoms with Gasteiger partial charge in [-0.15, -0.1) is 0 Å². The van der Waals surface area contributed by atoms with E-state index in [2.05, 4.69) is 42.3 Å². The van der Waals surface area contributed by atoms with Crippen LogP contribution in [0.5, 0.6) is 0 Å². The number of amides is 1. The van der Waals surface area contributed by atoms with Crippen molar-refractivity contribution in [1.82, 2.24) is 10.3 Å². The van der Waals surface area contributed by atoms with Gasteiger partial charge >= 0.3 is 0 Å². The van der Waals surface area contributed by atoms with E-state index in [0.29, 0.717) is 24.9 Å². The fourth-order valence-corrected chi connectivity index (χ4v) is 5.31. The van der Waals surface area contributed by atoms with Gasteiger partial charge in [0.2, 0.25) is 5.91 Å². The van der Waals surface area contributed by atoms with Gasteiger partial charge < -0.3 is 14.8 Å². The van der Waals surface area contributed by atoms with E-state index in [1.165, 1.54) is 12.0 Å². The molecule has 0 radical (unpaired) electrons. The molecule has 2 aliphatic rings. The number of carbonyl (C=O) groups excluding carboxylic acids is 1. The first-order valence-corrected chi connectivity index (χ1v) is 10.8. The molecule has 29 heavy (non-hydrogen) atoms. The van der Waals surface area contributed by atoms with Crippen LogP contribution in [0.4, 0.5) is 0 Å². The fraction of sp³-hybridized carbons (Fsp3) is 0.583. The number of nitrogens with zero attached hydrogens (tertiary/aromatic N) is 1. The topological polar surface area (TPSA) is 60.5 Å². The van der Waals surface area contributed by atoms with E-state index in [4.69, 9.17) is 9.47 Å². The zero-order valence-electron chi connectivity index (χ0n) is 17.7. The molecule has 1 aromatic heterocycles. The first-order chi connectivity index (χ1) is 14.0. The van der Waals surface area contributed by atoms with Gasteiger partial charge in [0.25, 0.3) is 0 Å². The highest BCUT2D eigenvalue weighted by atomic mass is 16.5. The number of fused-ring (bicyclic) bond motifs is 2. The number of aromatic nitrogens is 1. The van der Waals surface area contributed by atoms with Crippen LogP contribution in [0.1, 0.15) is 57.6 Å². The second kappa shape index (κ2) is 8.41. The Balaban J connectivity index is 1.66. The summed E-state index contributed by atoms with van der Waals surface area (Å²) >= 11 is 0. The maximum absolute atomic E-state index is 12.6. The summed E-state index contributed by atoms with van der Waals surface area (Å²) < 4.78 is 11.8. The van der Waals surface area contributed by atoms with Crippen molar-refractivity contribution in [2.45, 2.75) is 63.7 Å². The summed E-state index contributed by atoms with van der Waals surface area (Å²) in [4.78, 5) is 17.1. The Morgan fingerprint density at radius 2 is 2.17 bits per heavy atom. The number of rotatable bonds is 5. The number of nitrogens with one attached hydrogen (secondary N) is 1. The molecule has 2 aromatic rings. The number of methoxy groups -OCH3 is 1. The molecule has 5 heteroatoms. The zero-order valence-corrected chi connectivity index (χ0v) is 17.7. The van der Waals surface area contributed by atoms with E-state index in [0.717, 1.165) is 30.2 Å². The zero-order chi connectivity index (χ0) is 20.4. The van der Waals surface area contributed by atoms with Crippen molar-refractivity contribution in [2.24, 2.45) is 11.8 Å². The monoisotopic (exact) mass is 396 g/mol. The van der Waals surface area contributed by atoms with Crippen molar-refractivity contribution in [1.29, 1.82) is 0 Å². The van der Waals surface area contributed by atoms with E-state index in [9.17, 15) is 4.79 Å². The van der Waals surface area contributed by atoms with Gasteiger partial charge in [0.05, 0.1) is 24.3 Å². The molecule has 1 aliphatic heterocycles. The van der Waals surface area contributed by atoms with Gasteiger partial charge in [0.1, 0.15) is 0 Å². The Bertz CT molecular complexity index is 865. The Morgan fingerprint density at radius 1 is 1.31 bits per heavy atom. The average Bonchev–Trinajstić information content (AvgIpc) is 2.71. The van der Waals surface area contributed by atoms with Crippen molar-refractivity contribution in [3.8, 4) is 0 Å². The standard InChI is InChI=1S/C24H32N2O3/c1-16-9-10-19-21(14-16)29-22(15-24(19,2)26-23(27)11-13-28-3)18-6-4-8-20-17(18)7-5-12-25-20/h4-8,12,16,19,21-22H,9-11,13-15H2,1-3H3,(H,26,27)/t16-,19-,21-,22-,24-/m1/s1. The molecule has 1 N–H and O–H groups in total. The van der Waals surface area contributed by atoms with Crippen molar-refractivity contribution >= 4 is 16.8 Å². The number of hydrogen-bond donors (Lipinski definition) is 1. The minimum atomic E-state index is -0.289. The molecular weight excluding hydrogens is 364 g/mol. The molecule has 2 heterocycles. The van der Waals surface area contributed by atoms with Crippen LogP contribution in [0.15, 0.2) is 36.5 Å². The Labute approximate surface area is 173 Å². The predicted octanol–water partition coefficient (Wildman–Crippen LogP) is 4.41. The third kappa shape index (κ3) is 4.17. The lowest BCUT2D eigenvalue weighted by Crippen LogP contribution is -2.60. The predicted molar refractivity (Wildman–Crippen MR) is 114 cm³/mol. The summed E-state index contributed by atoms with van der Waals surface area (Å²) in [5.41, 5.74) is 1.87. The lowest BCUT2D eigenvalue weighted by molar-refractivity contribution is -0.153. The second-order valence-corrected chi connectivity index (χ2v) is 9.02. The van der Waals surface area contributed by atoms with Crippen LogP contribution in [0.3, 0.4) is 0 Å². The summed E-state index contributed by atoms with van der Waals surface area (Å²) in [7, 11) is 1.63. The molecule has 1 amide bonds. The Hall–Kier alpha value is -1.98. The smallest absolute Gasteiger partial charge is 0.222 e. The van der Waals surface area contributed by atoms with Crippen LogP contribution >= 0.6 is 0 Å². The van der Waals surface area contributed by atoms with E-state index >= 15 is 0 Å². The molecule has 5 nitrogen and oxygen atoms in total. The molecule has 1 saturated carbocycles. The summed E-state index contributed by atoms with van der Waals surface area (Å²) in [5.74, 6) is 1.05. The number of hydrogen-bond acceptors (Lipinski definition) is 4. The Morgan fingerprint density at radius 3 is 3.00 bits per heavy atom.